The zero-order valence-electron chi connectivity index (χ0n) is 11.0. The summed E-state index contributed by atoms with van der Waals surface area (Å²) in [6.07, 6.45) is 0. The van der Waals surface area contributed by atoms with Crippen molar-refractivity contribution in [3.8, 4) is 0 Å². The maximum atomic E-state index is 6.12. The van der Waals surface area contributed by atoms with Crippen LogP contribution in [0.25, 0.3) is 0 Å². The van der Waals surface area contributed by atoms with E-state index in [0.717, 1.165) is 16.6 Å². The van der Waals surface area contributed by atoms with Crippen LogP contribution in [-0.2, 0) is 15.9 Å². The van der Waals surface area contributed by atoms with Crippen LogP contribution in [0.5, 0.6) is 0 Å². The quantitative estimate of drug-likeness (QED) is 0.878. The van der Waals surface area contributed by atoms with E-state index in [4.69, 9.17) is 26.6 Å². The molecule has 1 atom stereocenters. The Labute approximate surface area is 123 Å². The Morgan fingerprint density at radius 2 is 2.05 bits per heavy atom. The molecule has 0 bridgehead atoms. The maximum Gasteiger partial charge on any atom is 0.494 e. The van der Waals surface area contributed by atoms with Gasteiger partial charge in [0, 0.05) is 5.02 Å². The molecule has 20 heavy (non-hydrogen) atoms. The van der Waals surface area contributed by atoms with Crippen LogP contribution in [0.3, 0.4) is 0 Å². The van der Waals surface area contributed by atoms with Gasteiger partial charge in [-0.05, 0) is 28.7 Å². The van der Waals surface area contributed by atoms with Crippen LogP contribution in [0.4, 0.5) is 0 Å². The van der Waals surface area contributed by atoms with E-state index < -0.39 is 0 Å². The maximum absolute atomic E-state index is 6.12. The molecule has 0 aromatic heterocycles. The number of benzene rings is 2. The zero-order chi connectivity index (χ0) is 13.9. The lowest BCUT2D eigenvalue weighted by Gasteiger charge is -2.14. The molecule has 102 valence electrons. The number of hydrogen-bond donors (Lipinski definition) is 1. The molecule has 1 aliphatic rings. The Morgan fingerprint density at radius 3 is 2.85 bits per heavy atom. The number of fused-ring (bicyclic) bond motifs is 1. The molecule has 1 aliphatic heterocycles. The van der Waals surface area contributed by atoms with E-state index >= 15 is 0 Å². The van der Waals surface area contributed by atoms with Crippen LogP contribution in [0.15, 0.2) is 48.5 Å². The van der Waals surface area contributed by atoms with Crippen molar-refractivity contribution in [3.63, 3.8) is 0 Å². The van der Waals surface area contributed by atoms with E-state index in [-0.39, 0.29) is 13.2 Å². The van der Waals surface area contributed by atoms with Gasteiger partial charge in [0.15, 0.2) is 0 Å². The van der Waals surface area contributed by atoms with Crippen molar-refractivity contribution in [2.24, 2.45) is 5.73 Å². The molecule has 3 rings (SSSR count). The van der Waals surface area contributed by atoms with Crippen LogP contribution in [-0.4, -0.2) is 13.7 Å². The predicted octanol–water partition coefficient (Wildman–Crippen LogP) is 2.28. The lowest BCUT2D eigenvalue weighted by molar-refractivity contribution is 0.201. The van der Waals surface area contributed by atoms with Gasteiger partial charge in [0.2, 0.25) is 0 Å². The highest BCUT2D eigenvalue weighted by atomic mass is 35.5. The SMILES string of the molecule is N[C@H](COB1OCc2cc(Cl)ccc21)c1ccccc1. The van der Waals surface area contributed by atoms with E-state index in [9.17, 15) is 0 Å². The molecule has 2 aromatic rings. The van der Waals surface area contributed by atoms with Crippen LogP contribution in [0, 0.1) is 0 Å². The molecule has 5 heteroatoms. The first kappa shape index (κ1) is 13.6. The molecule has 0 saturated heterocycles. The Balaban J connectivity index is 1.64. The van der Waals surface area contributed by atoms with Crippen molar-refractivity contribution in [2.45, 2.75) is 12.6 Å². The average molecular weight is 288 g/mol. The second kappa shape index (κ2) is 5.98. The summed E-state index contributed by atoms with van der Waals surface area (Å²) in [5, 5.41) is 0.717. The van der Waals surface area contributed by atoms with Crippen molar-refractivity contribution < 1.29 is 9.31 Å². The molecule has 3 nitrogen and oxygen atoms in total. The first-order valence-corrected chi connectivity index (χ1v) is 6.94. The summed E-state index contributed by atoms with van der Waals surface area (Å²) in [5.41, 5.74) is 9.29. The van der Waals surface area contributed by atoms with Crippen LogP contribution in [0.1, 0.15) is 17.2 Å². The normalized spacial score (nSPS) is 15.2. The average Bonchev–Trinajstić information content (AvgIpc) is 2.88. The van der Waals surface area contributed by atoms with Gasteiger partial charge in [-0.1, -0.05) is 48.0 Å². The topological polar surface area (TPSA) is 44.5 Å². The highest BCUT2D eigenvalue weighted by molar-refractivity contribution is 6.63. The summed E-state index contributed by atoms with van der Waals surface area (Å²) in [4.78, 5) is 0. The third-order valence-electron chi connectivity index (χ3n) is 3.40. The molecule has 2 N–H and O–H groups in total. The third kappa shape index (κ3) is 2.89. The largest absolute Gasteiger partial charge is 0.494 e. The molecule has 0 unspecified atom stereocenters. The molecule has 0 fully saturated rings. The number of rotatable bonds is 4. The molecule has 0 amide bonds. The lowest BCUT2D eigenvalue weighted by atomic mass is 9.79. The number of nitrogens with two attached hydrogens (primary N) is 1. The Kier molecular flexibility index (Phi) is 4.08. The standard InChI is InChI=1S/C15H15BClNO2/c17-13-6-7-14-12(8-13)9-19-16(14)20-10-15(18)11-4-2-1-3-5-11/h1-8,15H,9-10,18H2/t15-/m1/s1. The fourth-order valence-electron chi connectivity index (χ4n) is 2.31. The lowest BCUT2D eigenvalue weighted by Crippen LogP contribution is -2.34. The Hall–Kier alpha value is -1.33. The predicted molar refractivity (Wildman–Crippen MR) is 81.0 cm³/mol. The summed E-state index contributed by atoms with van der Waals surface area (Å²) in [6, 6.07) is 15.5. The second-order valence-electron chi connectivity index (χ2n) is 4.84. The van der Waals surface area contributed by atoms with Gasteiger partial charge in [-0.15, -0.1) is 0 Å². The van der Waals surface area contributed by atoms with Gasteiger partial charge in [-0.2, -0.15) is 0 Å². The fraction of sp³-hybridized carbons (Fsp3) is 0.200. The molecule has 2 aromatic carbocycles. The van der Waals surface area contributed by atoms with Crippen molar-refractivity contribution >= 4 is 24.2 Å². The van der Waals surface area contributed by atoms with Crippen molar-refractivity contribution in [1.82, 2.24) is 0 Å². The molecular formula is C15H15BClNO2. The Morgan fingerprint density at radius 1 is 1.25 bits per heavy atom. The summed E-state index contributed by atoms with van der Waals surface area (Å²) in [5.74, 6) is 0. The highest BCUT2D eigenvalue weighted by Gasteiger charge is 2.31. The first-order valence-electron chi connectivity index (χ1n) is 6.56. The van der Waals surface area contributed by atoms with Crippen LogP contribution < -0.4 is 11.2 Å². The summed E-state index contributed by atoms with van der Waals surface area (Å²) < 4.78 is 11.4. The van der Waals surface area contributed by atoms with Gasteiger partial charge in [-0.3, -0.25) is 0 Å². The van der Waals surface area contributed by atoms with Gasteiger partial charge in [-0.25, -0.2) is 0 Å². The van der Waals surface area contributed by atoms with Gasteiger partial charge in [0.25, 0.3) is 0 Å². The minimum absolute atomic E-state index is 0.156. The minimum atomic E-state index is -0.350. The Bertz CT molecular complexity index is 594. The molecule has 0 saturated carbocycles. The van der Waals surface area contributed by atoms with Crippen molar-refractivity contribution in [1.29, 1.82) is 0 Å². The number of halogens is 1. The third-order valence-corrected chi connectivity index (χ3v) is 3.64. The van der Waals surface area contributed by atoms with Gasteiger partial charge < -0.3 is 15.0 Å². The summed E-state index contributed by atoms with van der Waals surface area (Å²) in [6.45, 7) is 0.942. The van der Waals surface area contributed by atoms with Crippen molar-refractivity contribution in [2.75, 3.05) is 6.61 Å². The van der Waals surface area contributed by atoms with E-state index in [1.165, 1.54) is 0 Å². The smallest absolute Gasteiger partial charge is 0.405 e. The van der Waals surface area contributed by atoms with E-state index in [0.29, 0.717) is 18.2 Å². The highest BCUT2D eigenvalue weighted by Crippen LogP contribution is 2.18. The van der Waals surface area contributed by atoms with Gasteiger partial charge >= 0.3 is 7.12 Å². The van der Waals surface area contributed by atoms with Gasteiger partial charge in [0.05, 0.1) is 19.3 Å². The molecule has 1 heterocycles. The van der Waals surface area contributed by atoms with Gasteiger partial charge in [0.1, 0.15) is 0 Å². The zero-order valence-corrected chi connectivity index (χ0v) is 11.7. The molecular weight excluding hydrogens is 272 g/mol. The van der Waals surface area contributed by atoms with Crippen LogP contribution in [0.2, 0.25) is 5.02 Å². The summed E-state index contributed by atoms with van der Waals surface area (Å²) >= 11 is 5.96. The van der Waals surface area contributed by atoms with E-state index in [2.05, 4.69) is 0 Å². The van der Waals surface area contributed by atoms with Crippen molar-refractivity contribution in [3.05, 3.63) is 64.7 Å². The monoisotopic (exact) mass is 287 g/mol. The van der Waals surface area contributed by atoms with Crippen LogP contribution >= 0.6 is 11.6 Å². The molecule has 0 spiro atoms. The second-order valence-corrected chi connectivity index (χ2v) is 5.27. The summed E-state index contributed by atoms with van der Waals surface area (Å²) in [7, 11) is -0.350. The fourth-order valence-corrected chi connectivity index (χ4v) is 2.50. The molecule has 0 aliphatic carbocycles. The minimum Gasteiger partial charge on any atom is -0.405 e. The molecule has 0 radical (unpaired) electrons. The van der Waals surface area contributed by atoms with E-state index in [1.54, 1.807) is 0 Å². The number of hydrogen-bond acceptors (Lipinski definition) is 3. The first-order chi connectivity index (χ1) is 9.74. The van der Waals surface area contributed by atoms with E-state index in [1.807, 2.05) is 48.5 Å².